The van der Waals surface area contributed by atoms with Crippen LogP contribution in [0.2, 0.25) is 0 Å². The summed E-state index contributed by atoms with van der Waals surface area (Å²) in [6.07, 6.45) is 3.72. The van der Waals surface area contributed by atoms with E-state index in [1.54, 1.807) is 14.0 Å². The smallest absolute Gasteiger partial charge is 0.219 e. The summed E-state index contributed by atoms with van der Waals surface area (Å²) < 4.78 is 5.41. The third-order valence-electron chi connectivity index (χ3n) is 5.15. The van der Waals surface area contributed by atoms with E-state index in [1.807, 2.05) is 23.2 Å². The molecule has 3 rings (SSSR count). The van der Waals surface area contributed by atoms with Gasteiger partial charge in [0.2, 0.25) is 11.8 Å². The Morgan fingerprint density at radius 3 is 2.59 bits per heavy atom. The van der Waals surface area contributed by atoms with Crippen molar-refractivity contribution in [1.82, 2.24) is 14.9 Å². The molecule has 1 aliphatic rings. The number of nitrogens with one attached hydrogen (secondary N) is 1. The number of carbonyl (C=O) groups excluding carboxylic acids is 1. The van der Waals surface area contributed by atoms with E-state index in [9.17, 15) is 4.79 Å². The fourth-order valence-electron chi connectivity index (χ4n) is 3.46. The lowest BCUT2D eigenvalue weighted by Gasteiger charge is -2.31. The van der Waals surface area contributed by atoms with Crippen molar-refractivity contribution in [3.05, 3.63) is 41.6 Å². The molecule has 0 unspecified atom stereocenters. The number of methoxy groups -OCH3 is 1. The van der Waals surface area contributed by atoms with Gasteiger partial charge in [0.05, 0.1) is 7.11 Å². The summed E-state index contributed by atoms with van der Waals surface area (Å²) in [5.74, 6) is 3.08. The average Bonchev–Trinajstić information content (AvgIpc) is 2.68. The van der Waals surface area contributed by atoms with E-state index in [2.05, 4.69) is 41.3 Å². The first-order valence-electron chi connectivity index (χ1n) is 9.50. The van der Waals surface area contributed by atoms with Crippen LogP contribution in [0.1, 0.15) is 56.6 Å². The second-order valence-corrected chi connectivity index (χ2v) is 7.36. The highest BCUT2D eigenvalue weighted by Gasteiger charge is 2.23. The molecule has 0 bridgehead atoms. The summed E-state index contributed by atoms with van der Waals surface area (Å²) >= 11 is 0. The van der Waals surface area contributed by atoms with Crippen molar-refractivity contribution < 1.29 is 9.53 Å². The van der Waals surface area contributed by atoms with E-state index < -0.39 is 0 Å². The van der Waals surface area contributed by atoms with Crippen LogP contribution in [0.25, 0.3) is 0 Å². The van der Waals surface area contributed by atoms with E-state index in [0.717, 1.165) is 37.6 Å². The number of carbonyl (C=O) groups is 1. The second-order valence-electron chi connectivity index (χ2n) is 7.36. The molecule has 1 amide bonds. The zero-order valence-corrected chi connectivity index (χ0v) is 16.5. The summed E-state index contributed by atoms with van der Waals surface area (Å²) in [5.41, 5.74) is 2.42. The molecule has 144 valence electrons. The Kier molecular flexibility index (Phi) is 5.94. The molecule has 6 heteroatoms. The number of nitrogens with zero attached hydrogens (tertiary/aromatic N) is 3. The van der Waals surface area contributed by atoms with Gasteiger partial charge in [0, 0.05) is 32.3 Å². The maximum atomic E-state index is 11.6. The van der Waals surface area contributed by atoms with E-state index >= 15 is 0 Å². The number of rotatable bonds is 5. The van der Waals surface area contributed by atoms with Crippen molar-refractivity contribution in [2.45, 2.75) is 45.4 Å². The van der Waals surface area contributed by atoms with Crippen LogP contribution in [-0.4, -0.2) is 41.0 Å². The molecule has 0 spiro atoms. The van der Waals surface area contributed by atoms with Crippen molar-refractivity contribution in [3.8, 4) is 5.88 Å². The molecule has 0 aliphatic carbocycles. The monoisotopic (exact) mass is 368 g/mol. The number of amides is 1. The zero-order chi connectivity index (χ0) is 19.4. The quantitative estimate of drug-likeness (QED) is 0.861. The SMILES string of the molecule is COc1cc(C2CCN(C(C)=O)CC2)cc(Nc2cc(C(C)C)ccn2)n1. The van der Waals surface area contributed by atoms with Crippen LogP contribution in [-0.2, 0) is 4.79 Å². The Labute approximate surface area is 161 Å². The van der Waals surface area contributed by atoms with Crippen molar-refractivity contribution in [1.29, 1.82) is 0 Å². The van der Waals surface area contributed by atoms with Crippen LogP contribution in [0.5, 0.6) is 5.88 Å². The van der Waals surface area contributed by atoms with E-state index in [0.29, 0.717) is 17.7 Å². The summed E-state index contributed by atoms with van der Waals surface area (Å²) in [5, 5.41) is 3.31. The topological polar surface area (TPSA) is 67.3 Å². The lowest BCUT2D eigenvalue weighted by atomic mass is 9.90. The molecular formula is C21H28N4O2. The van der Waals surface area contributed by atoms with Gasteiger partial charge in [-0.2, -0.15) is 4.98 Å². The fourth-order valence-corrected chi connectivity index (χ4v) is 3.46. The summed E-state index contributed by atoms with van der Waals surface area (Å²) in [4.78, 5) is 22.4. The van der Waals surface area contributed by atoms with Crippen LogP contribution in [0, 0.1) is 0 Å². The minimum atomic E-state index is 0.152. The van der Waals surface area contributed by atoms with Crippen molar-refractivity contribution in [3.63, 3.8) is 0 Å². The van der Waals surface area contributed by atoms with Crippen LogP contribution in [0.3, 0.4) is 0 Å². The average molecular weight is 368 g/mol. The summed E-state index contributed by atoms with van der Waals surface area (Å²) in [6.45, 7) is 7.55. The number of likely N-dealkylation sites (tertiary alicyclic amines) is 1. The van der Waals surface area contributed by atoms with Crippen molar-refractivity contribution in [2.75, 3.05) is 25.5 Å². The minimum Gasteiger partial charge on any atom is -0.481 e. The van der Waals surface area contributed by atoms with Gasteiger partial charge in [-0.1, -0.05) is 13.8 Å². The number of piperidine rings is 1. The zero-order valence-electron chi connectivity index (χ0n) is 16.5. The molecule has 0 atom stereocenters. The lowest BCUT2D eigenvalue weighted by molar-refractivity contribution is -0.129. The minimum absolute atomic E-state index is 0.152. The van der Waals surface area contributed by atoms with Gasteiger partial charge in [-0.3, -0.25) is 4.79 Å². The molecule has 1 N–H and O–H groups in total. The predicted octanol–water partition coefficient (Wildman–Crippen LogP) is 4.08. The summed E-state index contributed by atoms with van der Waals surface area (Å²) in [6, 6.07) is 8.15. The third kappa shape index (κ3) is 4.76. The number of pyridine rings is 2. The maximum Gasteiger partial charge on any atom is 0.219 e. The van der Waals surface area contributed by atoms with E-state index in [-0.39, 0.29) is 5.91 Å². The highest BCUT2D eigenvalue weighted by Crippen LogP contribution is 2.32. The molecule has 27 heavy (non-hydrogen) atoms. The van der Waals surface area contributed by atoms with E-state index in [4.69, 9.17) is 4.74 Å². The molecule has 1 aliphatic heterocycles. The molecule has 1 fully saturated rings. The fraction of sp³-hybridized carbons (Fsp3) is 0.476. The number of aromatic nitrogens is 2. The van der Waals surface area contributed by atoms with Crippen LogP contribution in [0.15, 0.2) is 30.5 Å². The molecule has 0 aromatic carbocycles. The van der Waals surface area contributed by atoms with Gasteiger partial charge in [0.25, 0.3) is 0 Å². The largest absolute Gasteiger partial charge is 0.481 e. The van der Waals surface area contributed by atoms with Crippen molar-refractivity contribution in [2.24, 2.45) is 0 Å². The van der Waals surface area contributed by atoms with Gasteiger partial charge in [0.15, 0.2) is 0 Å². The van der Waals surface area contributed by atoms with Crippen LogP contribution < -0.4 is 10.1 Å². The molecule has 0 saturated carbocycles. The molecule has 6 nitrogen and oxygen atoms in total. The van der Waals surface area contributed by atoms with Gasteiger partial charge in [-0.05, 0) is 54.0 Å². The Bertz CT molecular complexity index is 799. The Balaban J connectivity index is 1.80. The van der Waals surface area contributed by atoms with Crippen LogP contribution >= 0.6 is 0 Å². The van der Waals surface area contributed by atoms with Gasteiger partial charge in [-0.25, -0.2) is 4.98 Å². The number of hydrogen-bond acceptors (Lipinski definition) is 5. The number of ether oxygens (including phenoxy) is 1. The third-order valence-corrected chi connectivity index (χ3v) is 5.15. The first-order chi connectivity index (χ1) is 13.0. The molecular weight excluding hydrogens is 340 g/mol. The van der Waals surface area contributed by atoms with Gasteiger partial charge in [0.1, 0.15) is 11.6 Å². The second kappa shape index (κ2) is 8.37. The maximum absolute atomic E-state index is 11.6. The Hall–Kier alpha value is -2.63. The Morgan fingerprint density at radius 2 is 1.96 bits per heavy atom. The lowest BCUT2D eigenvalue weighted by Crippen LogP contribution is -2.36. The Morgan fingerprint density at radius 1 is 1.22 bits per heavy atom. The highest BCUT2D eigenvalue weighted by atomic mass is 16.5. The normalized spacial score (nSPS) is 15.1. The first-order valence-corrected chi connectivity index (χ1v) is 9.50. The number of hydrogen-bond donors (Lipinski definition) is 1. The predicted molar refractivity (Wildman–Crippen MR) is 107 cm³/mol. The molecule has 0 radical (unpaired) electrons. The molecule has 2 aromatic rings. The van der Waals surface area contributed by atoms with E-state index in [1.165, 1.54) is 11.1 Å². The van der Waals surface area contributed by atoms with Gasteiger partial charge >= 0.3 is 0 Å². The molecule has 1 saturated heterocycles. The van der Waals surface area contributed by atoms with Crippen LogP contribution in [0.4, 0.5) is 11.6 Å². The van der Waals surface area contributed by atoms with Gasteiger partial charge in [-0.15, -0.1) is 0 Å². The first kappa shape index (κ1) is 19.1. The standard InChI is InChI=1S/C21H28N4O2/c1-14(2)17-5-8-22-19(11-17)23-20-12-18(13-21(24-20)27-4)16-6-9-25(10-7-16)15(3)26/h5,8,11-14,16H,6-7,9-10H2,1-4H3,(H,22,23,24). The molecule has 3 heterocycles. The highest BCUT2D eigenvalue weighted by molar-refractivity contribution is 5.73. The molecule has 2 aromatic heterocycles. The van der Waals surface area contributed by atoms with Gasteiger partial charge < -0.3 is 15.0 Å². The van der Waals surface area contributed by atoms with Crippen molar-refractivity contribution >= 4 is 17.5 Å². The number of anilines is 2. The summed E-state index contributed by atoms with van der Waals surface area (Å²) in [7, 11) is 1.63.